The zero-order valence-corrected chi connectivity index (χ0v) is 16.6. The van der Waals surface area contributed by atoms with Gasteiger partial charge in [-0.05, 0) is 24.8 Å². The second-order valence-electron chi connectivity index (χ2n) is 7.16. The lowest BCUT2D eigenvalue weighted by molar-refractivity contribution is -0.143. The normalized spacial score (nSPS) is 26.1. The lowest BCUT2D eigenvalue weighted by Gasteiger charge is -2.37. The molecule has 1 saturated carbocycles. The van der Waals surface area contributed by atoms with Crippen molar-refractivity contribution in [2.45, 2.75) is 44.8 Å². The predicted molar refractivity (Wildman–Crippen MR) is 105 cm³/mol. The first kappa shape index (κ1) is 21.0. The Morgan fingerprint density at radius 3 is 2.81 bits per heavy atom. The fraction of sp³-hybridized carbons (Fsp3) is 0.650. The van der Waals surface area contributed by atoms with Gasteiger partial charge in [-0.3, -0.25) is 4.79 Å². The van der Waals surface area contributed by atoms with Crippen LogP contribution in [0.2, 0.25) is 0 Å². The van der Waals surface area contributed by atoms with E-state index in [4.69, 9.17) is 9.47 Å². The highest BCUT2D eigenvalue weighted by Gasteiger charge is 2.31. The number of piperazine rings is 1. The van der Waals surface area contributed by atoms with Gasteiger partial charge < -0.3 is 19.7 Å². The molecule has 5 nitrogen and oxygen atoms in total. The zero-order chi connectivity index (χ0) is 17.6. The summed E-state index contributed by atoms with van der Waals surface area (Å²) in [6, 6.07) is 7.94. The summed E-state index contributed by atoms with van der Waals surface area (Å²) in [7, 11) is 1.68. The van der Waals surface area contributed by atoms with Crippen LogP contribution in [0, 0.1) is 5.92 Å². The summed E-state index contributed by atoms with van der Waals surface area (Å²) in [5, 5.41) is 3.39. The van der Waals surface area contributed by atoms with Gasteiger partial charge in [0.1, 0.15) is 12.4 Å². The summed E-state index contributed by atoms with van der Waals surface area (Å²) in [6.07, 6.45) is 5.00. The molecule has 1 amide bonds. The number of para-hydroxylation sites is 1. The topological polar surface area (TPSA) is 50.8 Å². The summed E-state index contributed by atoms with van der Waals surface area (Å²) < 4.78 is 11.5. The smallest absolute Gasteiger partial charge is 0.249 e. The monoisotopic (exact) mass is 382 g/mol. The van der Waals surface area contributed by atoms with Gasteiger partial charge in [-0.1, -0.05) is 38.0 Å². The van der Waals surface area contributed by atoms with Crippen molar-refractivity contribution in [2.24, 2.45) is 5.92 Å². The molecule has 0 radical (unpaired) electrons. The molecular weight excluding hydrogens is 352 g/mol. The fourth-order valence-corrected chi connectivity index (χ4v) is 4.01. The molecule has 1 aliphatic heterocycles. The van der Waals surface area contributed by atoms with Crippen LogP contribution in [0.15, 0.2) is 24.3 Å². The molecule has 146 valence electrons. The Morgan fingerprint density at radius 1 is 1.27 bits per heavy atom. The number of hydrogen-bond donors (Lipinski definition) is 1. The van der Waals surface area contributed by atoms with Crippen molar-refractivity contribution < 1.29 is 14.3 Å². The van der Waals surface area contributed by atoms with E-state index in [0.717, 1.165) is 30.8 Å². The van der Waals surface area contributed by atoms with Gasteiger partial charge in [-0.15, -0.1) is 12.4 Å². The maximum Gasteiger partial charge on any atom is 0.249 e. The highest BCUT2D eigenvalue weighted by Crippen LogP contribution is 2.31. The van der Waals surface area contributed by atoms with Gasteiger partial charge in [0.05, 0.1) is 19.3 Å². The molecule has 26 heavy (non-hydrogen) atoms. The highest BCUT2D eigenvalue weighted by molar-refractivity contribution is 5.85. The number of carbonyl (C=O) groups is 1. The molecule has 1 aromatic carbocycles. The second kappa shape index (κ2) is 10.1. The third-order valence-corrected chi connectivity index (χ3v) is 5.52. The Morgan fingerprint density at radius 2 is 2.04 bits per heavy atom. The third kappa shape index (κ3) is 4.90. The molecule has 1 aromatic rings. The van der Waals surface area contributed by atoms with E-state index in [2.05, 4.69) is 12.2 Å². The van der Waals surface area contributed by atoms with Crippen LogP contribution in [0.1, 0.15) is 44.2 Å². The summed E-state index contributed by atoms with van der Waals surface area (Å²) in [6.45, 7) is 4.67. The van der Waals surface area contributed by atoms with Crippen molar-refractivity contribution in [3.8, 4) is 5.75 Å². The Kier molecular flexibility index (Phi) is 8.19. The first-order chi connectivity index (χ1) is 12.2. The van der Waals surface area contributed by atoms with Gasteiger partial charge in [-0.25, -0.2) is 0 Å². The van der Waals surface area contributed by atoms with Crippen LogP contribution >= 0.6 is 12.4 Å². The van der Waals surface area contributed by atoms with Crippen LogP contribution in [0.5, 0.6) is 5.75 Å². The molecule has 2 aliphatic rings. The van der Waals surface area contributed by atoms with Crippen molar-refractivity contribution in [1.82, 2.24) is 10.2 Å². The number of rotatable bonds is 5. The van der Waals surface area contributed by atoms with E-state index >= 15 is 0 Å². The van der Waals surface area contributed by atoms with Crippen molar-refractivity contribution in [2.75, 3.05) is 33.4 Å². The number of nitrogens with one attached hydrogen (secondary N) is 1. The van der Waals surface area contributed by atoms with Crippen LogP contribution < -0.4 is 10.1 Å². The number of amides is 1. The summed E-state index contributed by atoms with van der Waals surface area (Å²) in [4.78, 5) is 14.8. The molecule has 3 atom stereocenters. The first-order valence-corrected chi connectivity index (χ1v) is 9.45. The molecule has 0 spiro atoms. The molecule has 6 heteroatoms. The number of hydrogen-bond acceptors (Lipinski definition) is 4. The average Bonchev–Trinajstić information content (AvgIpc) is 2.67. The maximum atomic E-state index is 12.9. The van der Waals surface area contributed by atoms with Crippen LogP contribution in [-0.4, -0.2) is 50.3 Å². The zero-order valence-electron chi connectivity index (χ0n) is 15.8. The van der Waals surface area contributed by atoms with E-state index < -0.39 is 0 Å². The summed E-state index contributed by atoms with van der Waals surface area (Å²) >= 11 is 0. The van der Waals surface area contributed by atoms with Gasteiger partial charge >= 0.3 is 0 Å². The van der Waals surface area contributed by atoms with Crippen molar-refractivity contribution in [3.63, 3.8) is 0 Å². The van der Waals surface area contributed by atoms with E-state index in [1.54, 1.807) is 7.11 Å². The lowest BCUT2D eigenvalue weighted by Crippen LogP contribution is -2.50. The Balaban J connectivity index is 0.00000243. The number of nitrogens with zero attached hydrogens (tertiary/aromatic N) is 1. The van der Waals surface area contributed by atoms with Crippen molar-refractivity contribution in [3.05, 3.63) is 29.8 Å². The Labute approximate surface area is 162 Å². The maximum absolute atomic E-state index is 12.9. The van der Waals surface area contributed by atoms with Crippen LogP contribution in [0.3, 0.4) is 0 Å². The molecule has 3 unspecified atom stereocenters. The van der Waals surface area contributed by atoms with Gasteiger partial charge in [0, 0.05) is 25.2 Å². The number of halogens is 1. The molecule has 1 heterocycles. The predicted octanol–water partition coefficient (Wildman–Crippen LogP) is 3.19. The third-order valence-electron chi connectivity index (χ3n) is 5.52. The van der Waals surface area contributed by atoms with Crippen molar-refractivity contribution in [1.29, 1.82) is 0 Å². The molecule has 1 N–H and O–H groups in total. The second-order valence-corrected chi connectivity index (χ2v) is 7.16. The fourth-order valence-electron chi connectivity index (χ4n) is 4.01. The van der Waals surface area contributed by atoms with Crippen LogP contribution in [0.25, 0.3) is 0 Å². The number of methoxy groups -OCH3 is 1. The summed E-state index contributed by atoms with van der Waals surface area (Å²) in [5.41, 5.74) is 1.05. The molecular formula is C20H31ClN2O3. The van der Waals surface area contributed by atoms with Crippen LogP contribution in [-0.2, 0) is 9.53 Å². The van der Waals surface area contributed by atoms with Gasteiger partial charge in [0.2, 0.25) is 5.91 Å². The van der Waals surface area contributed by atoms with E-state index in [1.807, 2.05) is 29.2 Å². The molecule has 2 fully saturated rings. The Hall–Kier alpha value is -1.30. The SMILES string of the molecule is COc1ccccc1C1CNCCN1C(=O)COC1CCCCC1C.Cl. The minimum absolute atomic E-state index is 0. The van der Waals surface area contributed by atoms with E-state index in [9.17, 15) is 4.79 Å². The van der Waals surface area contributed by atoms with Gasteiger partial charge in [0.15, 0.2) is 0 Å². The molecule has 0 bridgehead atoms. The number of carbonyl (C=O) groups excluding carboxylic acids is 1. The first-order valence-electron chi connectivity index (χ1n) is 9.45. The number of benzene rings is 1. The lowest BCUT2D eigenvalue weighted by atomic mass is 9.88. The standard InChI is InChI=1S/C20H30N2O3.ClH/c1-15-7-3-5-9-18(15)25-14-20(23)22-12-11-21-13-17(22)16-8-4-6-10-19(16)24-2;/h4,6,8,10,15,17-18,21H,3,5,7,9,11-14H2,1-2H3;1H. The minimum atomic E-state index is -0.00946. The van der Waals surface area contributed by atoms with E-state index in [1.165, 1.54) is 19.3 Å². The molecule has 1 saturated heterocycles. The van der Waals surface area contributed by atoms with E-state index in [-0.39, 0.29) is 37.1 Å². The van der Waals surface area contributed by atoms with Gasteiger partial charge in [0.25, 0.3) is 0 Å². The minimum Gasteiger partial charge on any atom is -0.496 e. The van der Waals surface area contributed by atoms with Crippen molar-refractivity contribution >= 4 is 18.3 Å². The average molecular weight is 383 g/mol. The quantitative estimate of drug-likeness (QED) is 0.849. The Bertz CT molecular complexity index is 584. The van der Waals surface area contributed by atoms with Crippen LogP contribution in [0.4, 0.5) is 0 Å². The molecule has 1 aliphatic carbocycles. The van der Waals surface area contributed by atoms with Gasteiger partial charge in [-0.2, -0.15) is 0 Å². The molecule has 3 rings (SSSR count). The summed E-state index contributed by atoms with van der Waals surface area (Å²) in [5.74, 6) is 1.46. The van der Waals surface area contributed by atoms with E-state index in [0.29, 0.717) is 12.5 Å². The number of ether oxygens (including phenoxy) is 2. The molecule has 0 aromatic heterocycles. The highest BCUT2D eigenvalue weighted by atomic mass is 35.5. The largest absolute Gasteiger partial charge is 0.496 e.